The molecule has 1 fully saturated rings. The zero-order valence-electron chi connectivity index (χ0n) is 12.3. The Labute approximate surface area is 132 Å². The zero-order chi connectivity index (χ0) is 16.1. The first-order chi connectivity index (χ1) is 10.5. The molecule has 1 aromatic rings. The lowest BCUT2D eigenvalue weighted by atomic mass is 10.1. The number of hydrogen-bond acceptors (Lipinski definition) is 3. The Morgan fingerprint density at radius 2 is 2.09 bits per heavy atom. The van der Waals surface area contributed by atoms with Crippen LogP contribution in [0.2, 0.25) is 0 Å². The van der Waals surface area contributed by atoms with Crippen LogP contribution < -0.4 is 5.32 Å². The van der Waals surface area contributed by atoms with Crippen LogP contribution in [0.4, 0.5) is 19.3 Å². The van der Waals surface area contributed by atoms with Gasteiger partial charge in [0.2, 0.25) is 0 Å². The van der Waals surface area contributed by atoms with Gasteiger partial charge in [-0.15, -0.1) is 0 Å². The maximum atomic E-state index is 12.2. The van der Waals surface area contributed by atoms with Gasteiger partial charge >= 0.3 is 6.03 Å². The third kappa shape index (κ3) is 4.84. The quantitative estimate of drug-likeness (QED) is 0.811. The van der Waals surface area contributed by atoms with E-state index in [0.29, 0.717) is 28.9 Å². The van der Waals surface area contributed by atoms with Gasteiger partial charge in [0.25, 0.3) is 5.76 Å². The van der Waals surface area contributed by atoms with E-state index >= 15 is 0 Å². The fraction of sp³-hybridized carbons (Fsp3) is 0.533. The second-order valence-electron chi connectivity index (χ2n) is 5.47. The Morgan fingerprint density at radius 1 is 1.41 bits per heavy atom. The predicted octanol–water partition coefficient (Wildman–Crippen LogP) is 3.63. The number of urea groups is 1. The molecule has 0 aromatic heterocycles. The highest BCUT2D eigenvalue weighted by Gasteiger charge is 2.27. The van der Waals surface area contributed by atoms with Gasteiger partial charge in [0.15, 0.2) is 0 Å². The number of halogens is 2. The summed E-state index contributed by atoms with van der Waals surface area (Å²) in [5.41, 5.74) is 0.558. The molecule has 0 radical (unpaired) electrons. The van der Waals surface area contributed by atoms with E-state index in [2.05, 4.69) is 5.32 Å². The highest BCUT2D eigenvalue weighted by atomic mass is 32.2. The van der Waals surface area contributed by atoms with Crippen LogP contribution in [0.5, 0.6) is 0 Å². The van der Waals surface area contributed by atoms with E-state index in [4.69, 9.17) is 0 Å². The number of alkyl halides is 2. The number of thioether (sulfide) groups is 1. The van der Waals surface area contributed by atoms with Gasteiger partial charge in [0.05, 0.1) is 6.10 Å². The summed E-state index contributed by atoms with van der Waals surface area (Å²) in [6.07, 6.45) is 2.38. The normalized spacial score (nSPS) is 21.1. The third-order valence-corrected chi connectivity index (χ3v) is 4.53. The molecule has 0 spiro atoms. The van der Waals surface area contributed by atoms with Gasteiger partial charge < -0.3 is 15.3 Å². The Hall–Kier alpha value is -1.34. The number of hydrogen-bond donors (Lipinski definition) is 2. The first-order valence-corrected chi connectivity index (χ1v) is 8.08. The van der Waals surface area contributed by atoms with Crippen molar-refractivity contribution in [3.05, 3.63) is 24.3 Å². The minimum Gasteiger partial charge on any atom is -0.393 e. The molecule has 0 aliphatic heterocycles. The monoisotopic (exact) mass is 330 g/mol. The van der Waals surface area contributed by atoms with E-state index in [-0.39, 0.29) is 18.1 Å². The van der Waals surface area contributed by atoms with Gasteiger partial charge in [0.1, 0.15) is 0 Å². The number of carbonyl (C=O) groups excluding carboxylic acids is 1. The van der Waals surface area contributed by atoms with Crippen LogP contribution in [0.3, 0.4) is 0 Å². The smallest absolute Gasteiger partial charge is 0.321 e. The van der Waals surface area contributed by atoms with Gasteiger partial charge in [-0.25, -0.2) is 4.79 Å². The molecule has 2 atom stereocenters. The number of nitrogens with one attached hydrogen (secondary N) is 1. The summed E-state index contributed by atoms with van der Waals surface area (Å²) in [6.45, 7) is 0.506. The SMILES string of the molecule is CN(C[C@H]1CCC[C@H]1O)C(=O)Nc1ccc(SC(F)F)cc1. The largest absolute Gasteiger partial charge is 0.393 e. The van der Waals surface area contributed by atoms with Crippen LogP contribution in [0.1, 0.15) is 19.3 Å². The molecular weight excluding hydrogens is 310 g/mol. The number of nitrogens with zero attached hydrogens (tertiary/aromatic N) is 1. The maximum Gasteiger partial charge on any atom is 0.321 e. The van der Waals surface area contributed by atoms with Crippen LogP contribution >= 0.6 is 11.8 Å². The van der Waals surface area contributed by atoms with Crippen LogP contribution in [0.25, 0.3) is 0 Å². The van der Waals surface area contributed by atoms with Crippen molar-refractivity contribution >= 4 is 23.5 Å². The van der Waals surface area contributed by atoms with Gasteiger partial charge in [-0.2, -0.15) is 8.78 Å². The van der Waals surface area contributed by atoms with E-state index in [1.165, 1.54) is 0 Å². The first kappa shape index (κ1) is 17.0. The second-order valence-corrected chi connectivity index (χ2v) is 6.54. The molecule has 1 aromatic carbocycles. The number of rotatable bonds is 5. The summed E-state index contributed by atoms with van der Waals surface area (Å²) < 4.78 is 24.5. The average molecular weight is 330 g/mol. The molecular formula is C15H20F2N2O2S. The molecule has 0 saturated heterocycles. The molecule has 0 unspecified atom stereocenters. The fourth-order valence-corrected chi connectivity index (χ4v) is 3.10. The van der Waals surface area contributed by atoms with Crippen molar-refractivity contribution in [2.75, 3.05) is 18.9 Å². The van der Waals surface area contributed by atoms with E-state index in [1.807, 2.05) is 0 Å². The minimum atomic E-state index is -2.45. The molecule has 122 valence electrons. The van der Waals surface area contributed by atoms with Crippen LogP contribution in [0.15, 0.2) is 29.2 Å². The summed E-state index contributed by atoms with van der Waals surface area (Å²) in [4.78, 5) is 14.1. The van der Waals surface area contributed by atoms with Crippen molar-refractivity contribution in [2.24, 2.45) is 5.92 Å². The van der Waals surface area contributed by atoms with Crippen LogP contribution in [-0.4, -0.2) is 41.5 Å². The molecule has 1 aliphatic carbocycles. The third-order valence-electron chi connectivity index (χ3n) is 3.80. The van der Waals surface area contributed by atoms with E-state index in [9.17, 15) is 18.7 Å². The number of anilines is 1. The Kier molecular flexibility index (Phi) is 6.02. The Bertz CT molecular complexity index is 499. The minimum absolute atomic E-state index is 0.126. The molecule has 2 N–H and O–H groups in total. The summed E-state index contributed by atoms with van der Waals surface area (Å²) in [6, 6.07) is 6.02. The van der Waals surface area contributed by atoms with Crippen molar-refractivity contribution in [2.45, 2.75) is 36.0 Å². The summed E-state index contributed by atoms with van der Waals surface area (Å²) in [7, 11) is 1.68. The molecule has 0 heterocycles. The van der Waals surface area contributed by atoms with Gasteiger partial charge in [-0.1, -0.05) is 18.2 Å². The fourth-order valence-electron chi connectivity index (χ4n) is 2.60. The van der Waals surface area contributed by atoms with E-state index in [1.54, 1.807) is 36.2 Å². The van der Waals surface area contributed by atoms with Gasteiger partial charge in [-0.3, -0.25) is 0 Å². The predicted molar refractivity (Wildman–Crippen MR) is 83.3 cm³/mol. The molecule has 1 saturated carbocycles. The number of aliphatic hydroxyl groups is 1. The lowest BCUT2D eigenvalue weighted by molar-refractivity contribution is 0.116. The van der Waals surface area contributed by atoms with Gasteiger partial charge in [-0.05, 0) is 37.1 Å². The van der Waals surface area contributed by atoms with Crippen molar-refractivity contribution < 1.29 is 18.7 Å². The Morgan fingerprint density at radius 3 is 2.64 bits per heavy atom. The molecule has 22 heavy (non-hydrogen) atoms. The maximum absolute atomic E-state index is 12.2. The summed E-state index contributed by atoms with van der Waals surface area (Å²) in [5.74, 6) is -2.33. The summed E-state index contributed by atoms with van der Waals surface area (Å²) in [5, 5.41) is 12.5. The van der Waals surface area contributed by atoms with Gasteiger partial charge in [0, 0.05) is 30.1 Å². The first-order valence-electron chi connectivity index (χ1n) is 7.21. The van der Waals surface area contributed by atoms with Crippen LogP contribution in [-0.2, 0) is 0 Å². The topological polar surface area (TPSA) is 52.6 Å². The van der Waals surface area contributed by atoms with Crippen molar-refractivity contribution in [1.29, 1.82) is 0 Å². The molecule has 1 aliphatic rings. The average Bonchev–Trinajstić information content (AvgIpc) is 2.86. The number of aliphatic hydroxyl groups excluding tert-OH is 1. The highest BCUT2D eigenvalue weighted by molar-refractivity contribution is 7.99. The molecule has 0 bridgehead atoms. The number of carbonyl (C=O) groups is 1. The van der Waals surface area contributed by atoms with E-state index in [0.717, 1.165) is 19.3 Å². The Balaban J connectivity index is 1.85. The highest BCUT2D eigenvalue weighted by Crippen LogP contribution is 2.27. The second kappa shape index (κ2) is 7.78. The van der Waals surface area contributed by atoms with Crippen LogP contribution in [0, 0.1) is 5.92 Å². The molecule has 4 nitrogen and oxygen atoms in total. The number of benzene rings is 1. The molecule has 2 rings (SSSR count). The lowest BCUT2D eigenvalue weighted by Crippen LogP contribution is -2.37. The number of amides is 2. The molecule has 2 amide bonds. The lowest BCUT2D eigenvalue weighted by Gasteiger charge is -2.23. The standard InChI is InChI=1S/C15H20F2N2O2S/c1-19(9-10-3-2-4-13(10)20)15(21)18-11-5-7-12(8-6-11)22-14(16)17/h5-8,10,13-14,20H,2-4,9H2,1H3,(H,18,21)/t10-,13-/m1/s1. The van der Waals surface area contributed by atoms with Crippen molar-refractivity contribution in [3.8, 4) is 0 Å². The summed E-state index contributed by atoms with van der Waals surface area (Å²) >= 11 is 0.470. The zero-order valence-corrected chi connectivity index (χ0v) is 13.2. The van der Waals surface area contributed by atoms with Crippen molar-refractivity contribution in [1.82, 2.24) is 4.90 Å². The molecule has 7 heteroatoms. The van der Waals surface area contributed by atoms with Crippen molar-refractivity contribution in [3.63, 3.8) is 0 Å². The van der Waals surface area contributed by atoms with E-state index < -0.39 is 5.76 Å².